The highest BCUT2D eigenvalue weighted by atomic mass is 32.2. The van der Waals surface area contributed by atoms with Crippen LogP contribution in [0.2, 0.25) is 0 Å². The Labute approximate surface area is 172 Å². The molecule has 2 aliphatic rings. The van der Waals surface area contributed by atoms with Crippen molar-refractivity contribution in [1.29, 1.82) is 5.26 Å². The molecule has 29 heavy (non-hydrogen) atoms. The van der Waals surface area contributed by atoms with Crippen LogP contribution in [0.3, 0.4) is 0 Å². The Bertz CT molecular complexity index is 1040. The SMILES string of the molecule is N#C[C@H]1[C@@H](c2ccc(C3=CCCCC3)cc2)[C@H](CO)N1S(=O)(=O)c1ccccc1. The smallest absolute Gasteiger partial charge is 0.244 e. The van der Waals surface area contributed by atoms with Gasteiger partial charge in [-0.2, -0.15) is 9.57 Å². The molecule has 6 heteroatoms. The van der Waals surface area contributed by atoms with E-state index in [9.17, 15) is 18.8 Å². The van der Waals surface area contributed by atoms with Gasteiger partial charge in [-0.3, -0.25) is 0 Å². The molecule has 0 bridgehead atoms. The van der Waals surface area contributed by atoms with Gasteiger partial charge in [0.2, 0.25) is 10.0 Å². The zero-order chi connectivity index (χ0) is 20.4. The normalized spacial score (nSPS) is 25.0. The monoisotopic (exact) mass is 408 g/mol. The van der Waals surface area contributed by atoms with Crippen LogP contribution in [0.25, 0.3) is 5.57 Å². The van der Waals surface area contributed by atoms with Gasteiger partial charge in [0.05, 0.1) is 23.6 Å². The van der Waals surface area contributed by atoms with Crippen molar-refractivity contribution in [2.24, 2.45) is 0 Å². The largest absolute Gasteiger partial charge is 0.395 e. The van der Waals surface area contributed by atoms with Gasteiger partial charge in [-0.1, -0.05) is 48.5 Å². The highest BCUT2D eigenvalue weighted by Crippen LogP contribution is 2.44. The molecule has 4 rings (SSSR count). The number of hydrogen-bond donors (Lipinski definition) is 1. The number of aliphatic hydroxyl groups excluding tert-OH is 1. The molecule has 1 saturated heterocycles. The summed E-state index contributed by atoms with van der Waals surface area (Å²) in [6.07, 6.45) is 6.90. The van der Waals surface area contributed by atoms with Gasteiger partial charge < -0.3 is 5.11 Å². The third kappa shape index (κ3) is 3.51. The fourth-order valence-electron chi connectivity index (χ4n) is 4.43. The minimum Gasteiger partial charge on any atom is -0.395 e. The van der Waals surface area contributed by atoms with Crippen LogP contribution < -0.4 is 0 Å². The minimum absolute atomic E-state index is 0.136. The average Bonchev–Trinajstić information content (AvgIpc) is 2.75. The minimum atomic E-state index is -3.85. The molecular weight excluding hydrogens is 384 g/mol. The number of nitriles is 1. The molecule has 1 heterocycles. The molecule has 2 aromatic rings. The maximum Gasteiger partial charge on any atom is 0.244 e. The number of benzene rings is 2. The summed E-state index contributed by atoms with van der Waals surface area (Å²) in [6, 6.07) is 16.8. The zero-order valence-electron chi connectivity index (χ0n) is 16.1. The number of aliphatic hydroxyl groups is 1. The van der Waals surface area contributed by atoms with Crippen LogP contribution in [0.15, 0.2) is 65.6 Å². The lowest BCUT2D eigenvalue weighted by molar-refractivity contribution is 0.0557. The first-order valence-electron chi connectivity index (χ1n) is 9.96. The van der Waals surface area contributed by atoms with Gasteiger partial charge in [0.15, 0.2) is 0 Å². The molecule has 1 N–H and O–H groups in total. The summed E-state index contributed by atoms with van der Waals surface area (Å²) in [5, 5.41) is 19.7. The summed E-state index contributed by atoms with van der Waals surface area (Å²) >= 11 is 0. The highest BCUT2D eigenvalue weighted by molar-refractivity contribution is 7.89. The van der Waals surface area contributed by atoms with Crippen molar-refractivity contribution < 1.29 is 13.5 Å². The van der Waals surface area contributed by atoms with Gasteiger partial charge in [0, 0.05) is 5.92 Å². The van der Waals surface area contributed by atoms with Crippen molar-refractivity contribution in [3.63, 3.8) is 0 Å². The fraction of sp³-hybridized carbons (Fsp3) is 0.348. The van der Waals surface area contributed by atoms with Crippen molar-refractivity contribution in [3.05, 3.63) is 71.8 Å². The molecule has 3 atom stereocenters. The maximum atomic E-state index is 13.0. The first kappa shape index (κ1) is 19.8. The van der Waals surface area contributed by atoms with E-state index in [1.165, 1.54) is 36.1 Å². The molecule has 1 aliphatic heterocycles. The van der Waals surface area contributed by atoms with E-state index in [1.807, 2.05) is 24.3 Å². The van der Waals surface area contributed by atoms with Crippen LogP contribution in [0.4, 0.5) is 0 Å². The number of hydrogen-bond acceptors (Lipinski definition) is 4. The van der Waals surface area contributed by atoms with Gasteiger partial charge in [-0.15, -0.1) is 0 Å². The average molecular weight is 409 g/mol. The molecule has 0 radical (unpaired) electrons. The van der Waals surface area contributed by atoms with Gasteiger partial charge in [-0.05, 0) is 54.5 Å². The molecule has 1 aliphatic carbocycles. The van der Waals surface area contributed by atoms with Crippen LogP contribution >= 0.6 is 0 Å². The molecule has 0 spiro atoms. The van der Waals surface area contributed by atoms with Gasteiger partial charge >= 0.3 is 0 Å². The van der Waals surface area contributed by atoms with Crippen molar-refractivity contribution in [2.75, 3.05) is 6.61 Å². The standard InChI is InChI=1S/C23H24N2O3S/c24-15-21-23(19-13-11-18(12-14-19)17-7-3-1-4-8-17)22(16-26)25(21)29(27,28)20-9-5-2-6-10-20/h2,5-7,9-14,21-23,26H,1,3-4,8,16H2/t21-,22-,23+/m0/s1. The topological polar surface area (TPSA) is 81.4 Å². The molecule has 2 aromatic carbocycles. The highest BCUT2D eigenvalue weighted by Gasteiger charge is 2.55. The van der Waals surface area contributed by atoms with Crippen molar-refractivity contribution >= 4 is 15.6 Å². The van der Waals surface area contributed by atoms with Crippen LogP contribution in [-0.4, -0.2) is 36.5 Å². The molecule has 0 aromatic heterocycles. The number of rotatable bonds is 5. The zero-order valence-corrected chi connectivity index (χ0v) is 16.9. The summed E-state index contributed by atoms with van der Waals surface area (Å²) in [4.78, 5) is 0.136. The van der Waals surface area contributed by atoms with Crippen LogP contribution in [0.1, 0.15) is 42.7 Å². The molecule has 1 fully saturated rings. The predicted molar refractivity (Wildman–Crippen MR) is 111 cm³/mol. The van der Waals surface area contributed by atoms with Gasteiger partial charge in [0.25, 0.3) is 0 Å². The Morgan fingerprint density at radius 1 is 1.07 bits per heavy atom. The molecule has 150 valence electrons. The summed E-state index contributed by atoms with van der Waals surface area (Å²) < 4.78 is 27.3. The van der Waals surface area contributed by atoms with Crippen LogP contribution in [0, 0.1) is 11.3 Å². The van der Waals surface area contributed by atoms with E-state index in [0.717, 1.165) is 22.7 Å². The maximum absolute atomic E-state index is 13.0. The lowest BCUT2D eigenvalue weighted by Crippen LogP contribution is -2.64. The molecular formula is C23H24N2O3S. The fourth-order valence-corrected chi connectivity index (χ4v) is 6.21. The van der Waals surface area contributed by atoms with E-state index in [-0.39, 0.29) is 17.4 Å². The molecule has 5 nitrogen and oxygen atoms in total. The Kier molecular flexibility index (Phi) is 5.55. The number of nitrogens with zero attached hydrogens (tertiary/aromatic N) is 2. The van der Waals surface area contributed by atoms with E-state index in [4.69, 9.17) is 0 Å². The predicted octanol–water partition coefficient (Wildman–Crippen LogP) is 3.69. The van der Waals surface area contributed by atoms with E-state index >= 15 is 0 Å². The molecule has 0 saturated carbocycles. The second-order valence-electron chi connectivity index (χ2n) is 7.59. The lowest BCUT2D eigenvalue weighted by atomic mass is 9.78. The third-order valence-corrected chi connectivity index (χ3v) is 7.87. The van der Waals surface area contributed by atoms with E-state index in [0.29, 0.717) is 0 Å². The van der Waals surface area contributed by atoms with Crippen molar-refractivity contribution in [3.8, 4) is 6.07 Å². The number of allylic oxidation sites excluding steroid dienone is 2. The Morgan fingerprint density at radius 3 is 2.38 bits per heavy atom. The number of sulfonamides is 1. The summed E-state index contributed by atoms with van der Waals surface area (Å²) in [7, 11) is -3.85. The van der Waals surface area contributed by atoms with Gasteiger partial charge in [-0.25, -0.2) is 8.42 Å². The lowest BCUT2D eigenvalue weighted by Gasteiger charge is -2.50. The summed E-state index contributed by atoms with van der Waals surface area (Å²) in [5.74, 6) is -0.349. The van der Waals surface area contributed by atoms with Gasteiger partial charge in [0.1, 0.15) is 6.04 Å². The van der Waals surface area contributed by atoms with Crippen LogP contribution in [-0.2, 0) is 10.0 Å². The third-order valence-electron chi connectivity index (χ3n) is 5.95. The van der Waals surface area contributed by atoms with Crippen LogP contribution in [0.5, 0.6) is 0 Å². The van der Waals surface area contributed by atoms with E-state index in [2.05, 4.69) is 12.1 Å². The van der Waals surface area contributed by atoms with E-state index < -0.39 is 22.1 Å². The van der Waals surface area contributed by atoms with Crippen molar-refractivity contribution in [2.45, 2.75) is 48.6 Å². The first-order valence-corrected chi connectivity index (χ1v) is 11.4. The molecule has 0 unspecified atom stereocenters. The Hall–Kier alpha value is -2.46. The Balaban J connectivity index is 1.62. The quantitative estimate of drug-likeness (QED) is 0.818. The first-order chi connectivity index (χ1) is 14.1. The van der Waals surface area contributed by atoms with E-state index in [1.54, 1.807) is 18.2 Å². The second-order valence-corrected chi connectivity index (χ2v) is 9.44. The van der Waals surface area contributed by atoms with Crippen molar-refractivity contribution in [1.82, 2.24) is 4.31 Å². The Morgan fingerprint density at radius 2 is 1.79 bits per heavy atom. The summed E-state index contributed by atoms with van der Waals surface area (Å²) in [6.45, 7) is -0.332. The second kappa shape index (κ2) is 8.11. The summed E-state index contributed by atoms with van der Waals surface area (Å²) in [5.41, 5.74) is 3.41. The molecule has 0 amide bonds.